The van der Waals surface area contributed by atoms with Gasteiger partial charge < -0.3 is 14.4 Å². The number of imidazole rings is 1. The summed E-state index contributed by atoms with van der Waals surface area (Å²) in [7, 11) is 3.58. The summed E-state index contributed by atoms with van der Waals surface area (Å²) >= 11 is 0. The molecule has 0 aliphatic rings. The minimum absolute atomic E-state index is 0.450. The molecule has 108 valence electrons. The summed E-state index contributed by atoms with van der Waals surface area (Å²) in [5.41, 5.74) is 2.80. The molecule has 1 aromatic heterocycles. The van der Waals surface area contributed by atoms with Gasteiger partial charge in [-0.2, -0.15) is 0 Å². The van der Waals surface area contributed by atoms with Gasteiger partial charge in [0.05, 0.1) is 24.2 Å². The lowest BCUT2D eigenvalue weighted by Gasteiger charge is -2.14. The minimum atomic E-state index is -0.642. The maximum absolute atomic E-state index is 10.5. The van der Waals surface area contributed by atoms with Gasteiger partial charge in [0.1, 0.15) is 11.6 Å². The highest BCUT2D eigenvalue weighted by atomic mass is 16.5. The molecule has 0 radical (unpaired) electrons. The minimum Gasteiger partial charge on any atom is -0.496 e. The normalized spacial score (nSPS) is 12.5. The number of rotatable bonds is 4. The third-order valence-corrected chi connectivity index (χ3v) is 3.75. The Labute approximate surface area is 123 Å². The van der Waals surface area contributed by atoms with Crippen molar-refractivity contribution in [3.63, 3.8) is 0 Å². The number of nitrogens with zero attached hydrogens (tertiary/aromatic N) is 2. The maximum atomic E-state index is 10.5. The third-order valence-electron chi connectivity index (χ3n) is 3.75. The van der Waals surface area contributed by atoms with Crippen molar-refractivity contribution in [2.24, 2.45) is 7.05 Å². The molecule has 0 aliphatic carbocycles. The molecule has 0 saturated carbocycles. The molecule has 4 heteroatoms. The summed E-state index contributed by atoms with van der Waals surface area (Å²) in [5.74, 6) is 1.55. The predicted octanol–water partition coefficient (Wildman–Crippen LogP) is 2.86. The Morgan fingerprint density at radius 1 is 1.14 bits per heavy atom. The van der Waals surface area contributed by atoms with Crippen molar-refractivity contribution < 1.29 is 9.84 Å². The molecule has 1 heterocycles. The van der Waals surface area contributed by atoms with E-state index in [0.29, 0.717) is 12.2 Å². The van der Waals surface area contributed by atoms with Gasteiger partial charge in [0.15, 0.2) is 0 Å². The Bertz CT molecular complexity index is 764. The van der Waals surface area contributed by atoms with Crippen molar-refractivity contribution in [2.45, 2.75) is 12.5 Å². The van der Waals surface area contributed by atoms with Crippen molar-refractivity contribution >= 4 is 11.0 Å². The molecule has 0 unspecified atom stereocenters. The second kappa shape index (κ2) is 5.58. The number of hydrogen-bond donors (Lipinski definition) is 1. The quantitative estimate of drug-likeness (QED) is 0.800. The molecule has 0 spiro atoms. The van der Waals surface area contributed by atoms with E-state index in [1.807, 2.05) is 60.1 Å². The number of ether oxygens (including phenoxy) is 1. The average molecular weight is 282 g/mol. The number of para-hydroxylation sites is 3. The van der Waals surface area contributed by atoms with Crippen molar-refractivity contribution in [1.82, 2.24) is 9.55 Å². The second-order valence-electron chi connectivity index (χ2n) is 5.04. The van der Waals surface area contributed by atoms with Crippen LogP contribution in [0.1, 0.15) is 17.5 Å². The summed E-state index contributed by atoms with van der Waals surface area (Å²) in [6.45, 7) is 0. The Morgan fingerprint density at radius 3 is 2.62 bits per heavy atom. The monoisotopic (exact) mass is 282 g/mol. The molecule has 3 aromatic rings. The van der Waals surface area contributed by atoms with Crippen LogP contribution in [0.25, 0.3) is 11.0 Å². The van der Waals surface area contributed by atoms with Crippen LogP contribution in [0.2, 0.25) is 0 Å². The molecule has 0 amide bonds. The van der Waals surface area contributed by atoms with Gasteiger partial charge in [-0.05, 0) is 18.2 Å². The van der Waals surface area contributed by atoms with Gasteiger partial charge in [0, 0.05) is 19.0 Å². The first-order valence-electron chi connectivity index (χ1n) is 6.92. The maximum Gasteiger partial charge on any atom is 0.124 e. The molecular formula is C17H18N2O2. The molecule has 0 bridgehead atoms. The van der Waals surface area contributed by atoms with E-state index in [2.05, 4.69) is 4.98 Å². The van der Waals surface area contributed by atoms with Crippen LogP contribution in [-0.2, 0) is 13.5 Å². The topological polar surface area (TPSA) is 47.3 Å². The highest BCUT2D eigenvalue weighted by molar-refractivity contribution is 5.75. The van der Waals surface area contributed by atoms with E-state index in [4.69, 9.17) is 4.74 Å². The van der Waals surface area contributed by atoms with E-state index in [0.717, 1.165) is 22.4 Å². The Balaban J connectivity index is 1.93. The number of benzene rings is 2. The Kier molecular flexibility index (Phi) is 3.62. The smallest absolute Gasteiger partial charge is 0.124 e. The van der Waals surface area contributed by atoms with E-state index >= 15 is 0 Å². The summed E-state index contributed by atoms with van der Waals surface area (Å²) in [6, 6.07) is 15.5. The number of aliphatic hydroxyl groups excluding tert-OH is 1. The van der Waals surface area contributed by atoms with E-state index in [9.17, 15) is 5.11 Å². The van der Waals surface area contributed by atoms with Crippen molar-refractivity contribution in [1.29, 1.82) is 0 Å². The fraction of sp³-hybridized carbons (Fsp3) is 0.235. The third kappa shape index (κ3) is 2.50. The summed E-state index contributed by atoms with van der Waals surface area (Å²) in [5, 5.41) is 10.5. The van der Waals surface area contributed by atoms with Gasteiger partial charge >= 0.3 is 0 Å². The van der Waals surface area contributed by atoms with Crippen LogP contribution in [0.4, 0.5) is 0 Å². The van der Waals surface area contributed by atoms with Crippen molar-refractivity contribution in [2.75, 3.05) is 7.11 Å². The Morgan fingerprint density at radius 2 is 1.86 bits per heavy atom. The molecule has 0 saturated heterocycles. The zero-order valence-corrected chi connectivity index (χ0v) is 12.2. The number of aliphatic hydroxyl groups is 1. The van der Waals surface area contributed by atoms with Crippen LogP contribution >= 0.6 is 0 Å². The van der Waals surface area contributed by atoms with Gasteiger partial charge in [-0.25, -0.2) is 4.98 Å². The van der Waals surface area contributed by atoms with E-state index in [1.54, 1.807) is 7.11 Å². The Hall–Kier alpha value is -2.33. The standard InChI is InChI=1S/C17H18N2O2/c1-19-14-9-5-4-8-13(14)18-17(19)11-15(20)12-7-3-6-10-16(12)21-2/h3-10,15,20H,11H2,1-2H3/t15-/m1/s1. The summed E-state index contributed by atoms with van der Waals surface area (Å²) in [4.78, 5) is 4.60. The number of methoxy groups -OCH3 is 1. The summed E-state index contributed by atoms with van der Waals surface area (Å²) < 4.78 is 7.33. The molecule has 1 atom stereocenters. The van der Waals surface area contributed by atoms with Gasteiger partial charge in [0.25, 0.3) is 0 Å². The van der Waals surface area contributed by atoms with Gasteiger partial charge in [-0.15, -0.1) is 0 Å². The zero-order chi connectivity index (χ0) is 14.8. The SMILES string of the molecule is COc1ccccc1[C@H](O)Cc1nc2ccccc2n1C. The highest BCUT2D eigenvalue weighted by Crippen LogP contribution is 2.27. The highest BCUT2D eigenvalue weighted by Gasteiger charge is 2.17. The fourth-order valence-corrected chi connectivity index (χ4v) is 2.60. The molecule has 3 rings (SSSR count). The number of aromatic nitrogens is 2. The molecule has 0 fully saturated rings. The lowest BCUT2D eigenvalue weighted by atomic mass is 10.1. The van der Waals surface area contributed by atoms with Crippen LogP contribution in [0.5, 0.6) is 5.75 Å². The number of hydrogen-bond acceptors (Lipinski definition) is 3. The lowest BCUT2D eigenvalue weighted by Crippen LogP contribution is -2.08. The van der Waals surface area contributed by atoms with Gasteiger partial charge in [-0.1, -0.05) is 30.3 Å². The number of aryl methyl sites for hydroxylation is 1. The molecule has 1 N–H and O–H groups in total. The zero-order valence-electron chi connectivity index (χ0n) is 12.2. The van der Waals surface area contributed by atoms with E-state index in [-0.39, 0.29) is 0 Å². The van der Waals surface area contributed by atoms with Crippen molar-refractivity contribution in [3.8, 4) is 5.75 Å². The van der Waals surface area contributed by atoms with Gasteiger partial charge in [0.2, 0.25) is 0 Å². The molecule has 0 aliphatic heterocycles. The van der Waals surface area contributed by atoms with Crippen molar-refractivity contribution in [3.05, 3.63) is 59.9 Å². The largest absolute Gasteiger partial charge is 0.496 e. The second-order valence-corrected chi connectivity index (χ2v) is 5.04. The first-order chi connectivity index (χ1) is 10.2. The average Bonchev–Trinajstić information content (AvgIpc) is 2.84. The lowest BCUT2D eigenvalue weighted by molar-refractivity contribution is 0.170. The van der Waals surface area contributed by atoms with E-state index in [1.165, 1.54) is 0 Å². The molecule has 21 heavy (non-hydrogen) atoms. The fourth-order valence-electron chi connectivity index (χ4n) is 2.60. The van der Waals surface area contributed by atoms with Crippen LogP contribution < -0.4 is 4.74 Å². The first kappa shape index (κ1) is 13.6. The molecular weight excluding hydrogens is 264 g/mol. The van der Waals surface area contributed by atoms with Gasteiger partial charge in [-0.3, -0.25) is 0 Å². The summed E-state index contributed by atoms with van der Waals surface area (Å²) in [6.07, 6.45) is -0.192. The number of fused-ring (bicyclic) bond motifs is 1. The van der Waals surface area contributed by atoms with Crippen LogP contribution in [-0.4, -0.2) is 21.8 Å². The first-order valence-corrected chi connectivity index (χ1v) is 6.92. The predicted molar refractivity (Wildman–Crippen MR) is 82.4 cm³/mol. The van der Waals surface area contributed by atoms with Crippen LogP contribution in [0, 0.1) is 0 Å². The van der Waals surface area contributed by atoms with Crippen LogP contribution in [0.15, 0.2) is 48.5 Å². The molecule has 4 nitrogen and oxygen atoms in total. The van der Waals surface area contributed by atoms with Crippen LogP contribution in [0.3, 0.4) is 0 Å². The van der Waals surface area contributed by atoms with E-state index < -0.39 is 6.10 Å². The molecule has 2 aromatic carbocycles.